The fourth-order valence-corrected chi connectivity index (χ4v) is 5.71. The topological polar surface area (TPSA) is 99.4 Å². The Morgan fingerprint density at radius 1 is 1.10 bits per heavy atom. The molecule has 2 heterocycles. The zero-order chi connectivity index (χ0) is 30.0. The number of methoxy groups -OCH3 is 1. The third-order valence-corrected chi connectivity index (χ3v) is 7.59. The molecule has 0 radical (unpaired) electrons. The maximum Gasteiger partial charge on any atom is 0.338 e. The van der Waals surface area contributed by atoms with Crippen LogP contribution in [0.5, 0.6) is 17.2 Å². The van der Waals surface area contributed by atoms with Crippen molar-refractivity contribution in [2.75, 3.05) is 13.7 Å². The number of phenols is 1. The summed E-state index contributed by atoms with van der Waals surface area (Å²) in [7, 11) is 1.49. The van der Waals surface area contributed by atoms with Gasteiger partial charge in [-0.2, -0.15) is 0 Å². The number of rotatable bonds is 8. The van der Waals surface area contributed by atoms with Gasteiger partial charge in [0.15, 0.2) is 16.4 Å². The van der Waals surface area contributed by atoms with Gasteiger partial charge in [0, 0.05) is 11.6 Å². The van der Waals surface area contributed by atoms with Crippen LogP contribution in [0.15, 0.2) is 81.7 Å². The van der Waals surface area contributed by atoms with Crippen molar-refractivity contribution in [1.29, 1.82) is 0 Å². The SMILES string of the molecule is CCOC(=O)C1=C(C)N=c2sc(=Cc3ccc(OC)c(COc4ccc(F)cc4F)c3)c(=O)n2[C@H]1c1ccc(O)cc1. The highest BCUT2D eigenvalue weighted by Crippen LogP contribution is 2.31. The molecule has 0 spiro atoms. The summed E-state index contributed by atoms with van der Waals surface area (Å²) in [5, 5.41) is 9.83. The minimum absolute atomic E-state index is 0.0472. The number of esters is 1. The summed E-state index contributed by atoms with van der Waals surface area (Å²) in [5.41, 5.74) is 2.12. The van der Waals surface area contributed by atoms with Crippen molar-refractivity contribution in [2.24, 2.45) is 4.99 Å². The van der Waals surface area contributed by atoms with E-state index in [1.165, 1.54) is 29.9 Å². The van der Waals surface area contributed by atoms with Crippen LogP contribution in [0.1, 0.15) is 36.6 Å². The molecule has 0 unspecified atom stereocenters. The van der Waals surface area contributed by atoms with Gasteiger partial charge >= 0.3 is 5.97 Å². The summed E-state index contributed by atoms with van der Waals surface area (Å²) in [4.78, 5) is 31.8. The molecule has 216 valence electrons. The van der Waals surface area contributed by atoms with Gasteiger partial charge in [-0.05, 0) is 67.4 Å². The van der Waals surface area contributed by atoms with Crippen LogP contribution in [0.2, 0.25) is 0 Å². The maximum absolute atomic E-state index is 14.1. The Hall–Kier alpha value is -4.77. The average molecular weight is 593 g/mol. The molecule has 8 nitrogen and oxygen atoms in total. The second-order valence-electron chi connectivity index (χ2n) is 9.33. The lowest BCUT2D eigenvalue weighted by molar-refractivity contribution is -0.139. The molecule has 0 amide bonds. The van der Waals surface area contributed by atoms with Gasteiger partial charge in [-0.25, -0.2) is 18.6 Å². The third-order valence-electron chi connectivity index (χ3n) is 6.61. The Morgan fingerprint density at radius 3 is 2.52 bits per heavy atom. The van der Waals surface area contributed by atoms with Crippen LogP contribution in [0.3, 0.4) is 0 Å². The Morgan fingerprint density at radius 2 is 1.83 bits per heavy atom. The Balaban J connectivity index is 1.57. The van der Waals surface area contributed by atoms with Crippen LogP contribution in [0.25, 0.3) is 6.08 Å². The predicted molar refractivity (Wildman–Crippen MR) is 152 cm³/mol. The normalized spacial score (nSPS) is 14.8. The molecular formula is C31H26F2N2O6S. The van der Waals surface area contributed by atoms with E-state index in [0.717, 1.165) is 23.5 Å². The number of hydrogen-bond donors (Lipinski definition) is 1. The van der Waals surface area contributed by atoms with E-state index in [1.807, 2.05) is 0 Å². The molecule has 0 fully saturated rings. The zero-order valence-electron chi connectivity index (χ0n) is 22.9. The fraction of sp³-hybridized carbons (Fsp3) is 0.194. The summed E-state index contributed by atoms with van der Waals surface area (Å²) in [6, 6.07) is 13.7. The summed E-state index contributed by atoms with van der Waals surface area (Å²) < 4.78 is 45.5. The van der Waals surface area contributed by atoms with E-state index in [0.29, 0.717) is 37.5 Å². The highest BCUT2D eigenvalue weighted by atomic mass is 32.1. The molecule has 1 atom stereocenters. The molecule has 11 heteroatoms. The number of phenolic OH excluding ortho intramolecular Hbond substituents is 1. The van der Waals surface area contributed by atoms with Crippen LogP contribution in [-0.2, 0) is 16.1 Å². The molecule has 0 saturated heterocycles. The molecule has 4 aromatic rings. The number of thiazole rings is 1. The van der Waals surface area contributed by atoms with Gasteiger partial charge in [0.25, 0.3) is 5.56 Å². The van der Waals surface area contributed by atoms with E-state index in [-0.39, 0.29) is 35.8 Å². The standard InChI is InChI=1S/C31H26F2N2O6S/c1-4-40-30(38)27-17(2)34-31-35(28(27)19-6-9-22(36)10-7-19)29(37)26(42-31)14-18-5-11-24(39-3)20(13-18)16-41-25-12-8-21(32)15-23(25)33/h5-15,28,36H,4,16H2,1-3H3/t28-/m0/s1. The summed E-state index contributed by atoms with van der Waals surface area (Å²) in [6.45, 7) is 3.47. The molecule has 1 N–H and O–H groups in total. The van der Waals surface area contributed by atoms with E-state index in [1.54, 1.807) is 50.3 Å². The van der Waals surface area contributed by atoms with Gasteiger partial charge in [-0.3, -0.25) is 9.36 Å². The van der Waals surface area contributed by atoms with Crippen molar-refractivity contribution in [3.63, 3.8) is 0 Å². The minimum Gasteiger partial charge on any atom is -0.508 e. The van der Waals surface area contributed by atoms with Crippen LogP contribution in [0.4, 0.5) is 8.78 Å². The van der Waals surface area contributed by atoms with Crippen LogP contribution < -0.4 is 24.4 Å². The van der Waals surface area contributed by atoms with E-state index >= 15 is 0 Å². The van der Waals surface area contributed by atoms with E-state index in [9.17, 15) is 23.5 Å². The van der Waals surface area contributed by atoms with E-state index in [4.69, 9.17) is 14.2 Å². The smallest absolute Gasteiger partial charge is 0.338 e. The molecule has 42 heavy (non-hydrogen) atoms. The number of benzene rings is 3. The maximum atomic E-state index is 14.1. The number of ether oxygens (including phenoxy) is 3. The highest BCUT2D eigenvalue weighted by molar-refractivity contribution is 7.07. The van der Waals surface area contributed by atoms with Crippen molar-refractivity contribution in [3.05, 3.63) is 120 Å². The molecule has 5 rings (SSSR count). The molecule has 3 aromatic carbocycles. The summed E-state index contributed by atoms with van der Waals surface area (Å²) in [5.74, 6) is -1.70. The molecule has 0 aliphatic carbocycles. The van der Waals surface area contributed by atoms with Crippen molar-refractivity contribution in [3.8, 4) is 17.2 Å². The molecular weight excluding hydrogens is 566 g/mol. The number of carbonyl (C=O) groups is 1. The predicted octanol–water partition coefficient (Wildman–Crippen LogP) is 4.37. The highest BCUT2D eigenvalue weighted by Gasteiger charge is 2.33. The molecule has 1 aromatic heterocycles. The molecule has 1 aliphatic rings. The Bertz CT molecular complexity index is 1880. The minimum atomic E-state index is -0.827. The summed E-state index contributed by atoms with van der Waals surface area (Å²) >= 11 is 1.16. The number of halogens is 2. The van der Waals surface area contributed by atoms with Gasteiger partial charge < -0.3 is 19.3 Å². The molecule has 0 bridgehead atoms. The largest absolute Gasteiger partial charge is 0.508 e. The van der Waals surface area contributed by atoms with Gasteiger partial charge in [0.1, 0.15) is 23.9 Å². The number of allylic oxidation sites excluding steroid dienone is 1. The van der Waals surface area contributed by atoms with Crippen molar-refractivity contribution >= 4 is 23.4 Å². The van der Waals surface area contributed by atoms with Gasteiger partial charge in [-0.1, -0.05) is 29.5 Å². The lowest BCUT2D eigenvalue weighted by Crippen LogP contribution is -2.39. The van der Waals surface area contributed by atoms with E-state index < -0.39 is 23.6 Å². The second-order valence-corrected chi connectivity index (χ2v) is 10.3. The quantitative estimate of drug-likeness (QED) is 0.305. The number of hydrogen-bond acceptors (Lipinski definition) is 8. The number of aromatic nitrogens is 1. The number of aromatic hydroxyl groups is 1. The van der Waals surface area contributed by atoms with Gasteiger partial charge in [-0.15, -0.1) is 0 Å². The van der Waals surface area contributed by atoms with Gasteiger partial charge in [0.2, 0.25) is 0 Å². The zero-order valence-corrected chi connectivity index (χ0v) is 23.7. The first-order valence-electron chi connectivity index (χ1n) is 12.9. The third kappa shape index (κ3) is 5.68. The van der Waals surface area contributed by atoms with Crippen LogP contribution in [-0.4, -0.2) is 29.4 Å². The lowest BCUT2D eigenvalue weighted by Gasteiger charge is -2.24. The Labute approximate surface area is 243 Å². The van der Waals surface area contributed by atoms with Crippen LogP contribution in [0, 0.1) is 11.6 Å². The lowest BCUT2D eigenvalue weighted by atomic mass is 9.96. The van der Waals surface area contributed by atoms with Crippen molar-refractivity contribution in [1.82, 2.24) is 4.57 Å². The first-order valence-corrected chi connectivity index (χ1v) is 13.7. The van der Waals surface area contributed by atoms with Crippen molar-refractivity contribution in [2.45, 2.75) is 26.5 Å². The number of fused-ring (bicyclic) bond motifs is 1. The monoisotopic (exact) mass is 592 g/mol. The van der Waals surface area contributed by atoms with Gasteiger partial charge in [0.05, 0.1) is 35.6 Å². The second kappa shape index (κ2) is 12.0. The van der Waals surface area contributed by atoms with Crippen LogP contribution >= 0.6 is 11.3 Å². The summed E-state index contributed by atoms with van der Waals surface area (Å²) in [6.07, 6.45) is 1.68. The van der Waals surface area contributed by atoms with E-state index in [2.05, 4.69) is 4.99 Å². The average Bonchev–Trinajstić information content (AvgIpc) is 3.26. The Kier molecular flexibility index (Phi) is 8.21. The molecule has 0 saturated carbocycles. The first-order chi connectivity index (χ1) is 20.2. The first kappa shape index (κ1) is 28.7. The number of carbonyl (C=O) groups excluding carboxylic acids is 1. The van der Waals surface area contributed by atoms with Crippen molar-refractivity contribution < 1.29 is 32.9 Å². The fourth-order valence-electron chi connectivity index (χ4n) is 4.66. The number of nitrogens with zero attached hydrogens (tertiary/aromatic N) is 2. The molecule has 1 aliphatic heterocycles.